The smallest absolute Gasteiger partial charge is 0.213 e. The van der Waals surface area contributed by atoms with E-state index in [0.717, 1.165) is 37.0 Å². The van der Waals surface area contributed by atoms with Crippen molar-refractivity contribution in [3.63, 3.8) is 0 Å². The summed E-state index contributed by atoms with van der Waals surface area (Å²) in [4.78, 5) is 4.62. The number of nitrogens with zero attached hydrogens (tertiary/aromatic N) is 1. The molecule has 0 bridgehead atoms. The van der Waals surface area contributed by atoms with Crippen molar-refractivity contribution >= 4 is 0 Å². The van der Waals surface area contributed by atoms with Gasteiger partial charge in [-0.3, -0.25) is 0 Å². The fraction of sp³-hybridized carbons (Fsp3) is 0.706. The van der Waals surface area contributed by atoms with E-state index in [4.69, 9.17) is 4.74 Å². The van der Waals surface area contributed by atoms with Crippen molar-refractivity contribution in [3.8, 4) is 5.88 Å². The number of aromatic nitrogens is 1. The summed E-state index contributed by atoms with van der Waals surface area (Å²) in [7, 11) is 0. The molecule has 3 rings (SSSR count). The zero-order valence-electron chi connectivity index (χ0n) is 12.7. The molecule has 0 atom stereocenters. The van der Waals surface area contributed by atoms with Gasteiger partial charge in [-0.25, -0.2) is 4.98 Å². The van der Waals surface area contributed by atoms with Crippen LogP contribution in [-0.2, 0) is 6.54 Å². The van der Waals surface area contributed by atoms with Crippen LogP contribution >= 0.6 is 0 Å². The Labute approximate surface area is 122 Å². The summed E-state index contributed by atoms with van der Waals surface area (Å²) in [5.74, 6) is 0.796. The molecule has 1 aromatic heterocycles. The molecule has 0 amide bonds. The van der Waals surface area contributed by atoms with Crippen LogP contribution in [0.4, 0.5) is 0 Å². The van der Waals surface area contributed by atoms with Crippen LogP contribution in [0.15, 0.2) is 18.2 Å². The summed E-state index contributed by atoms with van der Waals surface area (Å²) in [6, 6.07) is 6.84. The summed E-state index contributed by atoms with van der Waals surface area (Å²) >= 11 is 0. The standard InChI is InChI=1S/C17H26N2O/c1-17(2)10-8-15(9-11-17)20-16-5-3-4-14(19-16)12-18-13-6-7-13/h3-5,13,15,18H,6-12H2,1-2H3. The maximum absolute atomic E-state index is 6.07. The Balaban J connectivity index is 1.52. The van der Waals surface area contributed by atoms with Gasteiger partial charge in [-0.15, -0.1) is 0 Å². The lowest BCUT2D eigenvalue weighted by molar-refractivity contribution is 0.0947. The third-order valence-corrected chi connectivity index (χ3v) is 4.50. The van der Waals surface area contributed by atoms with E-state index in [1.54, 1.807) is 0 Å². The van der Waals surface area contributed by atoms with Crippen molar-refractivity contribution in [3.05, 3.63) is 23.9 Å². The second-order valence-electron chi connectivity index (χ2n) is 7.10. The van der Waals surface area contributed by atoms with Gasteiger partial charge in [0.15, 0.2) is 0 Å². The quantitative estimate of drug-likeness (QED) is 0.889. The molecule has 2 fully saturated rings. The van der Waals surface area contributed by atoms with E-state index in [0.29, 0.717) is 11.5 Å². The Kier molecular flexibility index (Phi) is 3.97. The van der Waals surface area contributed by atoms with Gasteiger partial charge in [0.1, 0.15) is 6.10 Å². The molecule has 110 valence electrons. The van der Waals surface area contributed by atoms with Crippen LogP contribution in [0, 0.1) is 5.41 Å². The first-order valence-electron chi connectivity index (χ1n) is 7.97. The molecule has 0 aromatic carbocycles. The molecule has 3 heteroatoms. The van der Waals surface area contributed by atoms with Crippen LogP contribution in [0.2, 0.25) is 0 Å². The second kappa shape index (κ2) is 5.72. The molecule has 1 aromatic rings. The molecule has 1 N–H and O–H groups in total. The first-order chi connectivity index (χ1) is 9.61. The first kappa shape index (κ1) is 13.9. The van der Waals surface area contributed by atoms with Gasteiger partial charge in [0.2, 0.25) is 5.88 Å². The highest BCUT2D eigenvalue weighted by molar-refractivity contribution is 5.16. The Bertz CT molecular complexity index is 444. The molecule has 0 saturated heterocycles. The molecule has 0 aliphatic heterocycles. The van der Waals surface area contributed by atoms with Crippen molar-refractivity contribution < 1.29 is 4.74 Å². The van der Waals surface area contributed by atoms with Crippen LogP contribution in [-0.4, -0.2) is 17.1 Å². The molecular weight excluding hydrogens is 248 g/mol. The van der Waals surface area contributed by atoms with E-state index in [9.17, 15) is 0 Å². The fourth-order valence-electron chi connectivity index (χ4n) is 2.82. The van der Waals surface area contributed by atoms with E-state index >= 15 is 0 Å². The van der Waals surface area contributed by atoms with Crippen LogP contribution in [0.5, 0.6) is 5.88 Å². The molecular formula is C17H26N2O. The van der Waals surface area contributed by atoms with E-state index in [1.807, 2.05) is 6.07 Å². The van der Waals surface area contributed by atoms with Crippen LogP contribution < -0.4 is 10.1 Å². The zero-order chi connectivity index (χ0) is 14.0. The van der Waals surface area contributed by atoms with E-state index in [2.05, 4.69) is 36.3 Å². The van der Waals surface area contributed by atoms with Gasteiger partial charge >= 0.3 is 0 Å². The van der Waals surface area contributed by atoms with Gasteiger partial charge in [-0.2, -0.15) is 0 Å². The molecule has 1 heterocycles. The monoisotopic (exact) mass is 274 g/mol. The number of nitrogens with one attached hydrogen (secondary N) is 1. The summed E-state index contributed by atoms with van der Waals surface area (Å²) in [6.45, 7) is 5.57. The molecule has 20 heavy (non-hydrogen) atoms. The highest BCUT2D eigenvalue weighted by atomic mass is 16.5. The van der Waals surface area contributed by atoms with Crippen molar-refractivity contribution in [1.82, 2.24) is 10.3 Å². The number of hydrogen-bond donors (Lipinski definition) is 1. The highest BCUT2D eigenvalue weighted by Gasteiger charge is 2.28. The van der Waals surface area contributed by atoms with Crippen LogP contribution in [0.1, 0.15) is 58.1 Å². The minimum atomic E-state index is 0.349. The number of rotatable bonds is 5. The normalized spacial score (nSPS) is 22.7. The molecule has 2 aliphatic rings. The average Bonchev–Trinajstić information content (AvgIpc) is 3.24. The van der Waals surface area contributed by atoms with Crippen LogP contribution in [0.25, 0.3) is 0 Å². The molecule has 0 spiro atoms. The predicted octanol–water partition coefficient (Wildman–Crippen LogP) is 3.68. The van der Waals surface area contributed by atoms with Crippen molar-refractivity contribution in [2.24, 2.45) is 5.41 Å². The van der Waals surface area contributed by atoms with Gasteiger partial charge in [0.25, 0.3) is 0 Å². The minimum absolute atomic E-state index is 0.349. The lowest BCUT2D eigenvalue weighted by Crippen LogP contribution is -2.28. The Morgan fingerprint density at radius 1 is 1.20 bits per heavy atom. The Hall–Kier alpha value is -1.09. The summed E-state index contributed by atoms with van der Waals surface area (Å²) in [5, 5.41) is 3.50. The number of hydrogen-bond acceptors (Lipinski definition) is 3. The van der Waals surface area contributed by atoms with Crippen molar-refractivity contribution in [2.45, 2.75) is 71.1 Å². The average molecular weight is 274 g/mol. The second-order valence-corrected chi connectivity index (χ2v) is 7.10. The van der Waals surface area contributed by atoms with E-state index in [-0.39, 0.29) is 0 Å². The summed E-state index contributed by atoms with van der Waals surface area (Å²) in [6.07, 6.45) is 7.78. The molecule has 3 nitrogen and oxygen atoms in total. The molecule has 2 aliphatic carbocycles. The summed E-state index contributed by atoms with van der Waals surface area (Å²) < 4.78 is 6.07. The number of pyridine rings is 1. The fourth-order valence-corrected chi connectivity index (χ4v) is 2.82. The lowest BCUT2D eigenvalue weighted by Gasteiger charge is -2.34. The van der Waals surface area contributed by atoms with Crippen molar-refractivity contribution in [2.75, 3.05) is 0 Å². The van der Waals surface area contributed by atoms with Gasteiger partial charge < -0.3 is 10.1 Å². The van der Waals surface area contributed by atoms with Crippen LogP contribution in [0.3, 0.4) is 0 Å². The maximum Gasteiger partial charge on any atom is 0.213 e. The maximum atomic E-state index is 6.07. The third kappa shape index (κ3) is 3.95. The highest BCUT2D eigenvalue weighted by Crippen LogP contribution is 2.36. The third-order valence-electron chi connectivity index (χ3n) is 4.50. The van der Waals surface area contributed by atoms with E-state index in [1.165, 1.54) is 25.7 Å². The Morgan fingerprint density at radius 3 is 2.65 bits per heavy atom. The molecule has 2 saturated carbocycles. The van der Waals surface area contributed by atoms with Gasteiger partial charge in [-0.1, -0.05) is 19.9 Å². The molecule has 0 unspecified atom stereocenters. The van der Waals surface area contributed by atoms with Gasteiger partial charge in [0.05, 0.1) is 5.69 Å². The van der Waals surface area contributed by atoms with Gasteiger partial charge in [-0.05, 0) is 50.0 Å². The van der Waals surface area contributed by atoms with Gasteiger partial charge in [0, 0.05) is 18.7 Å². The molecule has 0 radical (unpaired) electrons. The first-order valence-corrected chi connectivity index (χ1v) is 7.97. The number of ether oxygens (including phenoxy) is 1. The zero-order valence-corrected chi connectivity index (χ0v) is 12.7. The predicted molar refractivity (Wildman–Crippen MR) is 80.8 cm³/mol. The Morgan fingerprint density at radius 2 is 1.95 bits per heavy atom. The summed E-state index contributed by atoms with van der Waals surface area (Å²) in [5.41, 5.74) is 1.58. The van der Waals surface area contributed by atoms with E-state index < -0.39 is 0 Å². The van der Waals surface area contributed by atoms with Crippen molar-refractivity contribution in [1.29, 1.82) is 0 Å². The topological polar surface area (TPSA) is 34.1 Å². The minimum Gasteiger partial charge on any atom is -0.474 e. The lowest BCUT2D eigenvalue weighted by atomic mass is 9.76. The SMILES string of the molecule is CC1(C)CCC(Oc2cccc(CNC3CC3)n2)CC1. The largest absolute Gasteiger partial charge is 0.474 e.